The summed E-state index contributed by atoms with van der Waals surface area (Å²) in [4.78, 5) is 26.8. The predicted octanol–water partition coefficient (Wildman–Crippen LogP) is 5.02. The molecule has 1 heterocycles. The minimum atomic E-state index is -0.203. The van der Waals surface area contributed by atoms with Crippen LogP contribution in [0.2, 0.25) is 0 Å². The van der Waals surface area contributed by atoms with Crippen LogP contribution in [-0.4, -0.2) is 11.8 Å². The van der Waals surface area contributed by atoms with Crippen molar-refractivity contribution in [1.82, 2.24) is 0 Å². The van der Waals surface area contributed by atoms with E-state index < -0.39 is 0 Å². The Balaban J connectivity index is 1.81. The van der Waals surface area contributed by atoms with E-state index in [0.717, 1.165) is 31.3 Å². The van der Waals surface area contributed by atoms with Crippen LogP contribution in [0.3, 0.4) is 0 Å². The topological polar surface area (TPSA) is 40.6 Å². The molecule has 1 saturated carbocycles. The van der Waals surface area contributed by atoms with E-state index in [9.17, 15) is 9.59 Å². The second-order valence-electron chi connectivity index (χ2n) is 7.15. The van der Waals surface area contributed by atoms with Crippen LogP contribution in [0.15, 0.2) is 71.8 Å². The molecule has 4 rings (SSSR count). The van der Waals surface area contributed by atoms with Gasteiger partial charge in [-0.2, -0.15) is 0 Å². The third-order valence-corrected chi connectivity index (χ3v) is 5.32. The van der Waals surface area contributed by atoms with Gasteiger partial charge in [-0.25, -0.2) is 10.0 Å². The first-order valence-corrected chi connectivity index (χ1v) is 9.78. The molecule has 0 atom stereocenters. The van der Waals surface area contributed by atoms with Gasteiger partial charge in [0.1, 0.15) is 5.57 Å². The molecule has 2 amide bonds. The summed E-state index contributed by atoms with van der Waals surface area (Å²) in [6, 6.07) is 18.8. The number of hydrazine groups is 1. The van der Waals surface area contributed by atoms with Crippen molar-refractivity contribution < 1.29 is 9.59 Å². The average Bonchev–Trinajstić information content (AvgIpc) is 2.94. The van der Waals surface area contributed by atoms with Crippen molar-refractivity contribution in [3.8, 4) is 0 Å². The van der Waals surface area contributed by atoms with Gasteiger partial charge in [0.05, 0.1) is 11.4 Å². The molecule has 1 saturated heterocycles. The van der Waals surface area contributed by atoms with Crippen LogP contribution < -0.4 is 10.0 Å². The van der Waals surface area contributed by atoms with E-state index >= 15 is 0 Å². The van der Waals surface area contributed by atoms with Crippen molar-refractivity contribution in [2.75, 3.05) is 10.0 Å². The molecular weight excluding hydrogens is 336 g/mol. The van der Waals surface area contributed by atoms with Gasteiger partial charge in [0, 0.05) is 0 Å². The Morgan fingerprint density at radius 2 is 0.963 bits per heavy atom. The van der Waals surface area contributed by atoms with Gasteiger partial charge in [0.25, 0.3) is 11.8 Å². The zero-order chi connectivity index (χ0) is 18.6. The van der Waals surface area contributed by atoms with E-state index in [2.05, 4.69) is 0 Å². The Kier molecular flexibility index (Phi) is 5.05. The van der Waals surface area contributed by atoms with E-state index in [4.69, 9.17) is 0 Å². The van der Waals surface area contributed by atoms with Crippen molar-refractivity contribution in [3.63, 3.8) is 0 Å². The summed E-state index contributed by atoms with van der Waals surface area (Å²) in [5.74, 6) is -0.406. The summed E-state index contributed by atoms with van der Waals surface area (Å²) in [7, 11) is 0. The molecule has 4 nitrogen and oxygen atoms in total. The van der Waals surface area contributed by atoms with E-state index in [1.807, 2.05) is 60.7 Å². The maximum Gasteiger partial charge on any atom is 0.283 e. The second-order valence-corrected chi connectivity index (χ2v) is 7.15. The standard InChI is InChI=1S/C23H24N2O2/c26-22-21(18-12-6-2-1-3-7-13-18)23(27)25(20-16-10-5-11-17-20)24(22)19-14-8-4-9-15-19/h4-5,8-11,14-17H,1-3,6-7,12-13H2. The lowest BCUT2D eigenvalue weighted by molar-refractivity contribution is -0.116. The molecule has 0 spiro atoms. The second kappa shape index (κ2) is 7.78. The Labute approximate surface area is 160 Å². The third-order valence-electron chi connectivity index (χ3n) is 5.32. The summed E-state index contributed by atoms with van der Waals surface area (Å²) in [5, 5.41) is 3.05. The molecule has 0 radical (unpaired) electrons. The molecule has 1 aliphatic heterocycles. The van der Waals surface area contributed by atoms with Crippen LogP contribution in [-0.2, 0) is 9.59 Å². The number of rotatable bonds is 2. The van der Waals surface area contributed by atoms with Gasteiger partial charge in [-0.3, -0.25) is 9.59 Å². The lowest BCUT2D eigenvalue weighted by Crippen LogP contribution is -2.41. The molecule has 0 bridgehead atoms. The van der Waals surface area contributed by atoms with Crippen molar-refractivity contribution >= 4 is 23.2 Å². The normalized spacial score (nSPS) is 18.7. The number of hydrogen-bond donors (Lipinski definition) is 0. The first kappa shape index (κ1) is 17.5. The van der Waals surface area contributed by atoms with Gasteiger partial charge in [0.15, 0.2) is 0 Å². The lowest BCUT2D eigenvalue weighted by Gasteiger charge is -2.27. The first-order chi connectivity index (χ1) is 13.3. The largest absolute Gasteiger partial charge is 0.283 e. The highest BCUT2D eigenvalue weighted by molar-refractivity contribution is 6.36. The molecule has 2 aromatic rings. The molecule has 0 unspecified atom stereocenters. The van der Waals surface area contributed by atoms with Gasteiger partial charge in [-0.1, -0.05) is 61.2 Å². The van der Waals surface area contributed by atoms with E-state index in [1.165, 1.54) is 29.3 Å². The van der Waals surface area contributed by atoms with Crippen LogP contribution in [0.25, 0.3) is 0 Å². The summed E-state index contributed by atoms with van der Waals surface area (Å²) < 4.78 is 0. The number of nitrogens with zero attached hydrogens (tertiary/aromatic N) is 2. The Morgan fingerprint density at radius 3 is 1.41 bits per heavy atom. The fourth-order valence-corrected chi connectivity index (χ4v) is 3.97. The number of amides is 2. The maximum atomic E-state index is 13.4. The monoisotopic (exact) mass is 360 g/mol. The summed E-state index contributed by atoms with van der Waals surface area (Å²) >= 11 is 0. The zero-order valence-corrected chi connectivity index (χ0v) is 15.4. The third kappa shape index (κ3) is 3.39. The zero-order valence-electron chi connectivity index (χ0n) is 15.4. The van der Waals surface area contributed by atoms with Gasteiger partial charge >= 0.3 is 0 Å². The number of benzene rings is 2. The predicted molar refractivity (Wildman–Crippen MR) is 107 cm³/mol. The number of allylic oxidation sites excluding steroid dienone is 1. The number of hydrogen-bond acceptors (Lipinski definition) is 2. The van der Waals surface area contributed by atoms with Crippen LogP contribution >= 0.6 is 0 Å². The molecule has 0 N–H and O–H groups in total. The first-order valence-electron chi connectivity index (χ1n) is 9.78. The Morgan fingerprint density at radius 1 is 0.556 bits per heavy atom. The fraction of sp³-hybridized carbons (Fsp3) is 0.304. The number of para-hydroxylation sites is 2. The summed E-state index contributed by atoms with van der Waals surface area (Å²) in [5.41, 5.74) is 2.83. The van der Waals surface area contributed by atoms with Crippen molar-refractivity contribution in [1.29, 1.82) is 0 Å². The molecule has 2 aliphatic rings. The Bertz CT molecular complexity index is 789. The van der Waals surface area contributed by atoms with Gasteiger partial charge in [-0.15, -0.1) is 0 Å². The molecular formula is C23H24N2O2. The minimum Gasteiger partial charge on any atom is -0.267 e. The van der Waals surface area contributed by atoms with Crippen LogP contribution in [0, 0.1) is 0 Å². The van der Waals surface area contributed by atoms with Gasteiger partial charge < -0.3 is 0 Å². The Hall–Kier alpha value is -2.88. The SMILES string of the molecule is O=C1C(=C2CCCCCCC2)C(=O)N(c2ccccc2)N1c1ccccc1. The van der Waals surface area contributed by atoms with Gasteiger partial charge in [-0.05, 0) is 49.9 Å². The molecule has 1 aliphatic carbocycles. The van der Waals surface area contributed by atoms with E-state index in [0.29, 0.717) is 16.9 Å². The fourth-order valence-electron chi connectivity index (χ4n) is 3.97. The molecule has 0 aromatic heterocycles. The average molecular weight is 360 g/mol. The molecule has 138 valence electrons. The molecule has 2 fully saturated rings. The number of anilines is 2. The van der Waals surface area contributed by atoms with E-state index in [-0.39, 0.29) is 11.8 Å². The van der Waals surface area contributed by atoms with Gasteiger partial charge in [0.2, 0.25) is 0 Å². The minimum absolute atomic E-state index is 0.203. The number of carbonyl (C=O) groups excluding carboxylic acids is 2. The van der Waals surface area contributed by atoms with E-state index in [1.54, 1.807) is 0 Å². The highest BCUT2D eigenvalue weighted by Gasteiger charge is 2.44. The molecule has 27 heavy (non-hydrogen) atoms. The van der Waals surface area contributed by atoms with Crippen LogP contribution in [0.4, 0.5) is 11.4 Å². The van der Waals surface area contributed by atoms with Crippen molar-refractivity contribution in [2.45, 2.75) is 44.9 Å². The number of carbonyl (C=O) groups is 2. The summed E-state index contributed by atoms with van der Waals surface area (Å²) in [6.45, 7) is 0. The van der Waals surface area contributed by atoms with Crippen molar-refractivity contribution in [3.05, 3.63) is 71.8 Å². The highest BCUT2D eigenvalue weighted by Crippen LogP contribution is 2.35. The molecule has 4 heteroatoms. The smallest absolute Gasteiger partial charge is 0.267 e. The van der Waals surface area contributed by atoms with Crippen LogP contribution in [0.1, 0.15) is 44.9 Å². The maximum absolute atomic E-state index is 13.4. The quantitative estimate of drug-likeness (QED) is 0.557. The molecule has 2 aromatic carbocycles. The summed E-state index contributed by atoms with van der Waals surface area (Å²) in [6.07, 6.45) is 7.38. The lowest BCUT2D eigenvalue weighted by atomic mass is 9.92. The highest BCUT2D eigenvalue weighted by atomic mass is 16.2. The van der Waals surface area contributed by atoms with Crippen molar-refractivity contribution in [2.24, 2.45) is 0 Å². The van der Waals surface area contributed by atoms with Crippen LogP contribution in [0.5, 0.6) is 0 Å².